The number of amides is 1. The van der Waals surface area contributed by atoms with E-state index in [-0.39, 0.29) is 12.1 Å². The van der Waals surface area contributed by atoms with Crippen molar-refractivity contribution in [3.8, 4) is 0 Å². The Bertz CT molecular complexity index is 756. The number of halogens is 4. The number of aromatic nitrogens is 2. The molecule has 0 spiro atoms. The van der Waals surface area contributed by atoms with E-state index in [2.05, 4.69) is 20.8 Å². The molecule has 2 heterocycles. The van der Waals surface area contributed by atoms with E-state index in [0.29, 0.717) is 19.0 Å². The molecule has 1 atom stereocenters. The van der Waals surface area contributed by atoms with Crippen molar-refractivity contribution in [1.82, 2.24) is 20.8 Å². The Morgan fingerprint density at radius 3 is 2.92 bits per heavy atom. The van der Waals surface area contributed by atoms with Crippen molar-refractivity contribution in [3.05, 3.63) is 52.6 Å². The second kappa shape index (κ2) is 6.23. The van der Waals surface area contributed by atoms with Gasteiger partial charge < -0.3 is 5.32 Å². The van der Waals surface area contributed by atoms with Crippen LogP contribution in [-0.2, 0) is 30.5 Å². The monoisotopic (exact) mass is 342 g/mol. The van der Waals surface area contributed by atoms with Gasteiger partial charge in [-0.25, -0.2) is 4.39 Å². The number of alkyl halides is 3. The summed E-state index contributed by atoms with van der Waals surface area (Å²) in [6, 6.07) is 1.84. The third-order valence-corrected chi connectivity index (χ3v) is 3.90. The SMILES string of the molecule is O=C(NCc1ccc(F)cc1C(F)(F)F)C1Cc2cn[nH]c2CN1. The minimum atomic E-state index is -4.68. The lowest BCUT2D eigenvalue weighted by Crippen LogP contribution is -2.47. The summed E-state index contributed by atoms with van der Waals surface area (Å²) in [5.74, 6) is -1.39. The molecule has 24 heavy (non-hydrogen) atoms. The molecule has 0 aliphatic carbocycles. The molecule has 1 unspecified atom stereocenters. The molecule has 1 aromatic carbocycles. The number of carbonyl (C=O) groups is 1. The molecule has 3 N–H and O–H groups in total. The van der Waals surface area contributed by atoms with Gasteiger partial charge in [0.25, 0.3) is 0 Å². The Balaban J connectivity index is 1.67. The highest BCUT2D eigenvalue weighted by atomic mass is 19.4. The molecule has 1 aliphatic rings. The Morgan fingerprint density at radius 1 is 1.38 bits per heavy atom. The van der Waals surface area contributed by atoms with Crippen LogP contribution in [0.15, 0.2) is 24.4 Å². The van der Waals surface area contributed by atoms with Gasteiger partial charge in [-0.05, 0) is 23.3 Å². The van der Waals surface area contributed by atoms with Crippen LogP contribution >= 0.6 is 0 Å². The summed E-state index contributed by atoms with van der Waals surface area (Å²) in [4.78, 5) is 12.2. The number of fused-ring (bicyclic) bond motifs is 1. The van der Waals surface area contributed by atoms with E-state index in [1.54, 1.807) is 6.20 Å². The van der Waals surface area contributed by atoms with Gasteiger partial charge >= 0.3 is 6.18 Å². The minimum Gasteiger partial charge on any atom is -0.351 e. The van der Waals surface area contributed by atoms with Crippen LogP contribution < -0.4 is 10.6 Å². The second-order valence-corrected chi connectivity index (χ2v) is 5.53. The number of H-pyrrole nitrogens is 1. The molecular weight excluding hydrogens is 328 g/mol. The number of hydrogen-bond acceptors (Lipinski definition) is 3. The molecule has 2 aromatic rings. The van der Waals surface area contributed by atoms with Gasteiger partial charge in [0.05, 0.1) is 23.5 Å². The van der Waals surface area contributed by atoms with E-state index < -0.39 is 29.5 Å². The topological polar surface area (TPSA) is 69.8 Å². The highest BCUT2D eigenvalue weighted by molar-refractivity contribution is 5.82. The molecule has 0 bridgehead atoms. The summed E-state index contributed by atoms with van der Waals surface area (Å²) < 4.78 is 51.9. The first-order valence-corrected chi connectivity index (χ1v) is 7.22. The van der Waals surface area contributed by atoms with E-state index in [4.69, 9.17) is 0 Å². The molecule has 128 valence electrons. The molecule has 9 heteroatoms. The molecule has 3 rings (SSSR count). The van der Waals surface area contributed by atoms with E-state index in [1.807, 2.05) is 0 Å². The number of hydrogen-bond donors (Lipinski definition) is 3. The number of nitrogens with zero attached hydrogens (tertiary/aromatic N) is 1. The van der Waals surface area contributed by atoms with Crippen molar-refractivity contribution in [2.45, 2.75) is 31.7 Å². The molecule has 1 aromatic heterocycles. The van der Waals surface area contributed by atoms with Crippen LogP contribution in [0.1, 0.15) is 22.4 Å². The van der Waals surface area contributed by atoms with E-state index in [9.17, 15) is 22.4 Å². The predicted molar refractivity (Wildman–Crippen MR) is 76.2 cm³/mol. The van der Waals surface area contributed by atoms with Crippen LogP contribution in [0.3, 0.4) is 0 Å². The molecule has 5 nitrogen and oxygen atoms in total. The van der Waals surface area contributed by atoms with Gasteiger partial charge in [0.1, 0.15) is 5.82 Å². The van der Waals surface area contributed by atoms with Crippen molar-refractivity contribution in [2.24, 2.45) is 0 Å². The molecule has 1 aliphatic heterocycles. The van der Waals surface area contributed by atoms with Gasteiger partial charge in [-0.2, -0.15) is 18.3 Å². The summed E-state index contributed by atoms with van der Waals surface area (Å²) in [5, 5.41) is 12.1. The molecule has 0 saturated carbocycles. The first-order chi connectivity index (χ1) is 11.3. The first kappa shape index (κ1) is 16.4. The Morgan fingerprint density at radius 2 is 2.17 bits per heavy atom. The van der Waals surface area contributed by atoms with Gasteiger partial charge in [-0.1, -0.05) is 6.07 Å². The summed E-state index contributed by atoms with van der Waals surface area (Å²) in [7, 11) is 0. The van der Waals surface area contributed by atoms with Crippen LogP contribution in [0, 0.1) is 5.82 Å². The van der Waals surface area contributed by atoms with Crippen LogP contribution in [-0.4, -0.2) is 22.1 Å². The molecule has 0 radical (unpaired) electrons. The average molecular weight is 342 g/mol. The maximum Gasteiger partial charge on any atom is 0.416 e. The highest BCUT2D eigenvalue weighted by Crippen LogP contribution is 2.32. The minimum absolute atomic E-state index is 0.183. The number of aromatic amines is 1. The largest absolute Gasteiger partial charge is 0.416 e. The lowest BCUT2D eigenvalue weighted by molar-refractivity contribution is -0.138. The van der Waals surface area contributed by atoms with E-state index in [0.717, 1.165) is 23.4 Å². The second-order valence-electron chi connectivity index (χ2n) is 5.53. The maximum absolute atomic E-state index is 13.1. The number of benzene rings is 1. The number of carbonyl (C=O) groups excluding carboxylic acids is 1. The Labute approximate surface area is 134 Å². The molecule has 0 saturated heterocycles. The highest BCUT2D eigenvalue weighted by Gasteiger charge is 2.34. The van der Waals surface area contributed by atoms with Crippen LogP contribution in [0.5, 0.6) is 0 Å². The smallest absolute Gasteiger partial charge is 0.351 e. The average Bonchev–Trinajstić information content (AvgIpc) is 3.00. The lowest BCUT2D eigenvalue weighted by atomic mass is 10.0. The van der Waals surface area contributed by atoms with Crippen molar-refractivity contribution >= 4 is 5.91 Å². The van der Waals surface area contributed by atoms with Crippen LogP contribution in [0.25, 0.3) is 0 Å². The zero-order valence-corrected chi connectivity index (χ0v) is 12.4. The molecular formula is C15H14F4N4O. The van der Waals surface area contributed by atoms with Crippen molar-refractivity contribution in [1.29, 1.82) is 0 Å². The van der Waals surface area contributed by atoms with E-state index >= 15 is 0 Å². The molecule has 0 fully saturated rings. The number of nitrogens with one attached hydrogen (secondary N) is 3. The molecule has 1 amide bonds. The summed E-state index contributed by atoms with van der Waals surface area (Å²) in [5.41, 5.74) is 0.511. The van der Waals surface area contributed by atoms with Gasteiger partial charge in [0, 0.05) is 19.5 Å². The zero-order valence-electron chi connectivity index (χ0n) is 12.4. The van der Waals surface area contributed by atoms with Crippen LogP contribution in [0.4, 0.5) is 17.6 Å². The Kier molecular flexibility index (Phi) is 4.27. The fourth-order valence-corrected chi connectivity index (χ4v) is 2.64. The Hall–Kier alpha value is -2.42. The maximum atomic E-state index is 13.1. The fourth-order valence-electron chi connectivity index (χ4n) is 2.64. The zero-order chi connectivity index (χ0) is 17.3. The van der Waals surface area contributed by atoms with Crippen LogP contribution in [0.2, 0.25) is 0 Å². The number of rotatable bonds is 3. The third-order valence-electron chi connectivity index (χ3n) is 3.90. The van der Waals surface area contributed by atoms with Crippen molar-refractivity contribution in [2.75, 3.05) is 0 Å². The van der Waals surface area contributed by atoms with E-state index in [1.165, 1.54) is 0 Å². The van der Waals surface area contributed by atoms with Gasteiger partial charge in [-0.15, -0.1) is 0 Å². The first-order valence-electron chi connectivity index (χ1n) is 7.22. The van der Waals surface area contributed by atoms with Crippen molar-refractivity contribution in [3.63, 3.8) is 0 Å². The summed E-state index contributed by atoms with van der Waals surface area (Å²) in [6.45, 7) is 0.0994. The van der Waals surface area contributed by atoms with Crippen molar-refractivity contribution < 1.29 is 22.4 Å². The quantitative estimate of drug-likeness (QED) is 0.746. The standard InChI is InChI=1S/C15H14F4N4O/c16-10-2-1-8(11(4-10)15(17,18)19)5-21-14(24)12-3-9-6-22-23-13(9)7-20-12/h1-2,4,6,12,20H,3,5,7H2,(H,21,24)(H,22,23). The summed E-state index contributed by atoms with van der Waals surface area (Å²) >= 11 is 0. The third kappa shape index (κ3) is 3.40. The lowest BCUT2D eigenvalue weighted by Gasteiger charge is -2.23. The van der Waals surface area contributed by atoms with Gasteiger partial charge in [0.15, 0.2) is 0 Å². The predicted octanol–water partition coefficient (Wildman–Crippen LogP) is 1.90. The fraction of sp³-hybridized carbons (Fsp3) is 0.333. The van der Waals surface area contributed by atoms with Gasteiger partial charge in [0.2, 0.25) is 5.91 Å². The van der Waals surface area contributed by atoms with Gasteiger partial charge in [-0.3, -0.25) is 15.2 Å². The normalized spacial score (nSPS) is 17.4. The summed E-state index contributed by atoms with van der Waals surface area (Å²) in [6.07, 6.45) is -2.66.